The Morgan fingerprint density at radius 2 is 2.19 bits per heavy atom. The molecule has 16 heavy (non-hydrogen) atoms. The predicted molar refractivity (Wildman–Crippen MR) is 66.1 cm³/mol. The topological polar surface area (TPSA) is 58.4 Å². The maximum absolute atomic E-state index is 11.6. The second-order valence-corrected chi connectivity index (χ2v) is 4.89. The molecule has 0 aliphatic heterocycles. The van der Waals surface area contributed by atoms with Gasteiger partial charge in [-0.3, -0.25) is 9.69 Å². The summed E-state index contributed by atoms with van der Waals surface area (Å²) in [7, 11) is 2.13. The van der Waals surface area contributed by atoms with Gasteiger partial charge in [-0.25, -0.2) is 0 Å². The van der Waals surface area contributed by atoms with E-state index in [0.29, 0.717) is 12.6 Å². The van der Waals surface area contributed by atoms with Crippen molar-refractivity contribution < 1.29 is 4.79 Å². The second-order valence-electron chi connectivity index (χ2n) is 4.89. The van der Waals surface area contributed by atoms with Gasteiger partial charge in [0.25, 0.3) is 0 Å². The third-order valence-electron chi connectivity index (χ3n) is 3.33. The number of hydrogen-bond donors (Lipinski definition) is 2. The zero-order valence-electron chi connectivity index (χ0n) is 10.7. The van der Waals surface area contributed by atoms with Crippen LogP contribution in [0.2, 0.25) is 0 Å². The Bertz CT molecular complexity index is 228. The molecule has 0 aromatic heterocycles. The largest absolute Gasteiger partial charge is 0.353 e. The fraction of sp³-hybridized carbons (Fsp3) is 0.917. The SMILES string of the molecule is CCCC(N)C(=O)NCC(C)N(C)C1CC1. The number of carbonyl (C=O) groups excluding carboxylic acids is 1. The molecular formula is C12H25N3O. The first-order valence-electron chi connectivity index (χ1n) is 6.31. The van der Waals surface area contributed by atoms with Gasteiger partial charge in [0, 0.05) is 18.6 Å². The maximum atomic E-state index is 11.6. The summed E-state index contributed by atoms with van der Waals surface area (Å²) < 4.78 is 0. The highest BCUT2D eigenvalue weighted by Gasteiger charge is 2.29. The Balaban J connectivity index is 2.19. The van der Waals surface area contributed by atoms with Crippen LogP contribution in [-0.2, 0) is 4.79 Å². The molecular weight excluding hydrogens is 202 g/mol. The number of nitrogens with zero attached hydrogens (tertiary/aromatic N) is 1. The Kier molecular flexibility index (Phi) is 5.22. The minimum Gasteiger partial charge on any atom is -0.353 e. The van der Waals surface area contributed by atoms with Gasteiger partial charge in [0.2, 0.25) is 5.91 Å². The van der Waals surface area contributed by atoms with Crippen LogP contribution in [0.25, 0.3) is 0 Å². The lowest BCUT2D eigenvalue weighted by atomic mass is 10.1. The zero-order chi connectivity index (χ0) is 12.1. The summed E-state index contributed by atoms with van der Waals surface area (Å²) in [6, 6.07) is 0.782. The van der Waals surface area contributed by atoms with E-state index in [1.807, 2.05) is 6.92 Å². The molecule has 2 atom stereocenters. The number of nitrogens with two attached hydrogens (primary N) is 1. The molecule has 1 aliphatic carbocycles. The Morgan fingerprint density at radius 3 is 2.69 bits per heavy atom. The van der Waals surface area contributed by atoms with Gasteiger partial charge >= 0.3 is 0 Å². The van der Waals surface area contributed by atoms with Gasteiger partial charge in [0.15, 0.2) is 0 Å². The summed E-state index contributed by atoms with van der Waals surface area (Å²) in [4.78, 5) is 13.9. The van der Waals surface area contributed by atoms with Gasteiger partial charge in [-0.15, -0.1) is 0 Å². The van der Waals surface area contributed by atoms with Crippen LogP contribution in [-0.4, -0.2) is 42.5 Å². The van der Waals surface area contributed by atoms with E-state index in [1.165, 1.54) is 12.8 Å². The summed E-state index contributed by atoms with van der Waals surface area (Å²) in [5.74, 6) is -0.0158. The van der Waals surface area contributed by atoms with Gasteiger partial charge in [-0.1, -0.05) is 13.3 Å². The van der Waals surface area contributed by atoms with Gasteiger partial charge < -0.3 is 11.1 Å². The average Bonchev–Trinajstić information content (AvgIpc) is 3.08. The number of nitrogens with one attached hydrogen (secondary N) is 1. The lowest BCUT2D eigenvalue weighted by Crippen LogP contribution is -2.46. The molecule has 0 bridgehead atoms. The molecule has 1 amide bonds. The molecule has 0 radical (unpaired) electrons. The highest BCUT2D eigenvalue weighted by molar-refractivity contribution is 5.81. The lowest BCUT2D eigenvalue weighted by molar-refractivity contribution is -0.122. The highest BCUT2D eigenvalue weighted by Crippen LogP contribution is 2.26. The molecule has 0 saturated heterocycles. The van der Waals surface area contributed by atoms with E-state index in [4.69, 9.17) is 5.73 Å². The van der Waals surface area contributed by atoms with Crippen molar-refractivity contribution in [2.24, 2.45) is 5.73 Å². The first kappa shape index (κ1) is 13.5. The van der Waals surface area contributed by atoms with Crippen LogP contribution in [0.3, 0.4) is 0 Å². The number of carbonyl (C=O) groups is 1. The zero-order valence-corrected chi connectivity index (χ0v) is 10.7. The Morgan fingerprint density at radius 1 is 1.56 bits per heavy atom. The lowest BCUT2D eigenvalue weighted by Gasteiger charge is -2.25. The van der Waals surface area contributed by atoms with Crippen LogP contribution < -0.4 is 11.1 Å². The molecule has 2 unspecified atom stereocenters. The van der Waals surface area contributed by atoms with Crippen molar-refractivity contribution in [3.8, 4) is 0 Å². The molecule has 0 heterocycles. The number of amides is 1. The van der Waals surface area contributed by atoms with Crippen molar-refractivity contribution in [2.45, 2.75) is 57.7 Å². The van der Waals surface area contributed by atoms with Gasteiger partial charge in [-0.2, -0.15) is 0 Å². The number of rotatable bonds is 7. The van der Waals surface area contributed by atoms with E-state index in [2.05, 4.69) is 24.2 Å². The Labute approximate surface area is 98.6 Å². The minimum absolute atomic E-state index is 0.0158. The summed E-state index contributed by atoms with van der Waals surface area (Å²) in [6.45, 7) is 4.88. The van der Waals surface area contributed by atoms with Crippen LogP contribution in [0.15, 0.2) is 0 Å². The van der Waals surface area contributed by atoms with Crippen molar-refractivity contribution >= 4 is 5.91 Å². The molecule has 94 valence electrons. The monoisotopic (exact) mass is 227 g/mol. The fourth-order valence-electron chi connectivity index (χ4n) is 1.81. The van der Waals surface area contributed by atoms with Crippen molar-refractivity contribution in [2.75, 3.05) is 13.6 Å². The highest BCUT2D eigenvalue weighted by atomic mass is 16.2. The fourth-order valence-corrected chi connectivity index (χ4v) is 1.81. The molecule has 4 heteroatoms. The third-order valence-corrected chi connectivity index (χ3v) is 3.33. The van der Waals surface area contributed by atoms with Crippen molar-refractivity contribution in [1.29, 1.82) is 0 Å². The molecule has 1 fully saturated rings. The van der Waals surface area contributed by atoms with Crippen LogP contribution in [0.4, 0.5) is 0 Å². The van der Waals surface area contributed by atoms with E-state index >= 15 is 0 Å². The van der Waals surface area contributed by atoms with Crippen LogP contribution in [0.1, 0.15) is 39.5 Å². The van der Waals surface area contributed by atoms with Crippen LogP contribution >= 0.6 is 0 Å². The molecule has 1 saturated carbocycles. The summed E-state index contributed by atoms with van der Waals surface area (Å²) in [6.07, 6.45) is 4.30. The molecule has 0 spiro atoms. The minimum atomic E-state index is -0.344. The number of likely N-dealkylation sites (N-methyl/N-ethyl adjacent to an activating group) is 1. The van der Waals surface area contributed by atoms with E-state index in [-0.39, 0.29) is 11.9 Å². The summed E-state index contributed by atoms with van der Waals surface area (Å²) >= 11 is 0. The van der Waals surface area contributed by atoms with Crippen LogP contribution in [0.5, 0.6) is 0 Å². The van der Waals surface area contributed by atoms with Gasteiger partial charge in [0.05, 0.1) is 6.04 Å². The summed E-state index contributed by atoms with van der Waals surface area (Å²) in [5.41, 5.74) is 5.74. The quantitative estimate of drug-likeness (QED) is 0.673. The molecule has 0 aromatic carbocycles. The molecule has 3 N–H and O–H groups in total. The van der Waals surface area contributed by atoms with Crippen molar-refractivity contribution in [1.82, 2.24) is 10.2 Å². The van der Waals surface area contributed by atoms with E-state index in [9.17, 15) is 4.79 Å². The van der Waals surface area contributed by atoms with E-state index in [0.717, 1.165) is 18.9 Å². The Hall–Kier alpha value is -0.610. The summed E-state index contributed by atoms with van der Waals surface area (Å²) in [5, 5.41) is 2.92. The molecule has 1 aliphatic rings. The molecule has 1 rings (SSSR count). The first-order chi connectivity index (χ1) is 7.56. The normalized spacial score (nSPS) is 19.6. The average molecular weight is 227 g/mol. The first-order valence-corrected chi connectivity index (χ1v) is 6.31. The predicted octanol–water partition coefficient (Wildman–Crippen LogP) is 0.713. The standard InChI is InChI=1S/C12H25N3O/c1-4-5-11(13)12(16)14-8-9(2)15(3)10-6-7-10/h9-11H,4-8,13H2,1-3H3,(H,14,16). The molecule has 0 aromatic rings. The van der Waals surface area contributed by atoms with Crippen LogP contribution in [0, 0.1) is 0 Å². The van der Waals surface area contributed by atoms with E-state index in [1.54, 1.807) is 0 Å². The smallest absolute Gasteiger partial charge is 0.236 e. The van der Waals surface area contributed by atoms with Crippen molar-refractivity contribution in [3.05, 3.63) is 0 Å². The number of hydrogen-bond acceptors (Lipinski definition) is 3. The maximum Gasteiger partial charge on any atom is 0.236 e. The van der Waals surface area contributed by atoms with Gasteiger partial charge in [0.1, 0.15) is 0 Å². The third kappa shape index (κ3) is 4.10. The molecule has 4 nitrogen and oxygen atoms in total. The van der Waals surface area contributed by atoms with E-state index < -0.39 is 0 Å². The van der Waals surface area contributed by atoms with Crippen molar-refractivity contribution in [3.63, 3.8) is 0 Å². The van der Waals surface area contributed by atoms with Gasteiger partial charge in [-0.05, 0) is 33.2 Å². The second kappa shape index (κ2) is 6.21.